The molecule has 17 heavy (non-hydrogen) atoms. The number of halogens is 1. The summed E-state index contributed by atoms with van der Waals surface area (Å²) in [4.78, 5) is 0. The lowest BCUT2D eigenvalue weighted by Crippen LogP contribution is -2.34. The smallest absolute Gasteiger partial charge is 0.0138 e. The molecule has 2 heteroatoms. The second-order valence-corrected chi connectivity index (χ2v) is 6.51. The summed E-state index contributed by atoms with van der Waals surface area (Å²) < 4.78 is 1.32. The minimum absolute atomic E-state index is 0.685. The van der Waals surface area contributed by atoms with Gasteiger partial charge in [0.2, 0.25) is 0 Å². The van der Waals surface area contributed by atoms with Crippen molar-refractivity contribution in [1.82, 2.24) is 5.32 Å². The molecule has 0 aromatic heterocycles. The molecule has 0 amide bonds. The molecule has 1 aromatic carbocycles. The van der Waals surface area contributed by atoms with E-state index in [4.69, 9.17) is 0 Å². The molecule has 2 rings (SSSR count). The zero-order chi connectivity index (χ0) is 12.3. The zero-order valence-corrected chi connectivity index (χ0v) is 12.9. The first-order chi connectivity index (χ1) is 8.20. The lowest BCUT2D eigenvalue weighted by Gasteiger charge is -2.18. The molecular weight excluding hydrogens is 321 g/mol. The molecule has 1 nitrogen and oxygen atoms in total. The molecular formula is C15H22IN. The number of hydrogen-bond donors (Lipinski definition) is 1. The van der Waals surface area contributed by atoms with E-state index in [1.54, 1.807) is 0 Å². The van der Waals surface area contributed by atoms with Crippen LogP contribution in [0.25, 0.3) is 0 Å². The summed E-state index contributed by atoms with van der Waals surface area (Å²) in [5.41, 5.74) is 1.47. The highest BCUT2D eigenvalue weighted by Crippen LogP contribution is 2.41. The van der Waals surface area contributed by atoms with E-state index in [1.165, 1.54) is 28.4 Å². The molecule has 3 atom stereocenters. The number of nitrogens with one attached hydrogen (secondary N) is 1. The predicted molar refractivity (Wildman–Crippen MR) is 82.2 cm³/mol. The van der Waals surface area contributed by atoms with Gasteiger partial charge in [-0.2, -0.15) is 0 Å². The van der Waals surface area contributed by atoms with Crippen LogP contribution in [0.3, 0.4) is 0 Å². The van der Waals surface area contributed by atoms with Gasteiger partial charge < -0.3 is 5.32 Å². The van der Waals surface area contributed by atoms with Crippen LogP contribution < -0.4 is 5.32 Å². The van der Waals surface area contributed by atoms with Crippen LogP contribution in [0.5, 0.6) is 0 Å². The maximum Gasteiger partial charge on any atom is 0.0138 e. The Morgan fingerprint density at radius 3 is 2.53 bits per heavy atom. The highest BCUT2D eigenvalue weighted by atomic mass is 127. The topological polar surface area (TPSA) is 12.0 Å². The van der Waals surface area contributed by atoms with E-state index in [0.29, 0.717) is 6.04 Å². The molecule has 0 saturated heterocycles. The largest absolute Gasteiger partial charge is 0.313 e. The molecule has 1 aromatic rings. The van der Waals surface area contributed by atoms with Crippen molar-refractivity contribution >= 4 is 22.6 Å². The SMILES string of the molecule is CCCNC(Cc1ccc(I)cc1)C1CC1C. The monoisotopic (exact) mass is 343 g/mol. The van der Waals surface area contributed by atoms with Crippen molar-refractivity contribution in [3.8, 4) is 0 Å². The van der Waals surface area contributed by atoms with Crippen molar-refractivity contribution in [2.24, 2.45) is 11.8 Å². The van der Waals surface area contributed by atoms with Crippen LogP contribution >= 0.6 is 22.6 Å². The van der Waals surface area contributed by atoms with E-state index < -0.39 is 0 Å². The van der Waals surface area contributed by atoms with E-state index in [0.717, 1.165) is 18.4 Å². The Hall–Kier alpha value is -0.0900. The maximum atomic E-state index is 3.72. The van der Waals surface area contributed by atoms with Gasteiger partial charge >= 0.3 is 0 Å². The van der Waals surface area contributed by atoms with Gasteiger partial charge in [0, 0.05) is 9.61 Å². The van der Waals surface area contributed by atoms with Crippen LogP contribution in [0.1, 0.15) is 32.3 Å². The van der Waals surface area contributed by atoms with Gasteiger partial charge in [0.25, 0.3) is 0 Å². The molecule has 3 unspecified atom stereocenters. The lowest BCUT2D eigenvalue weighted by atomic mass is 10.0. The molecule has 0 bridgehead atoms. The Morgan fingerprint density at radius 1 is 1.35 bits per heavy atom. The lowest BCUT2D eigenvalue weighted by molar-refractivity contribution is 0.443. The van der Waals surface area contributed by atoms with Gasteiger partial charge in [0.05, 0.1) is 0 Å². The first-order valence-electron chi connectivity index (χ1n) is 6.68. The van der Waals surface area contributed by atoms with E-state index in [-0.39, 0.29) is 0 Å². The van der Waals surface area contributed by atoms with Crippen molar-refractivity contribution < 1.29 is 0 Å². The molecule has 1 saturated carbocycles. The molecule has 0 radical (unpaired) electrons. The highest BCUT2D eigenvalue weighted by molar-refractivity contribution is 14.1. The average Bonchev–Trinajstić information content (AvgIpc) is 3.04. The zero-order valence-electron chi connectivity index (χ0n) is 10.7. The van der Waals surface area contributed by atoms with Crippen molar-refractivity contribution in [1.29, 1.82) is 0 Å². The Balaban J connectivity index is 1.94. The first kappa shape index (κ1) is 13.3. The summed E-state index contributed by atoms with van der Waals surface area (Å²) in [5, 5.41) is 3.72. The second kappa shape index (κ2) is 6.19. The predicted octanol–water partition coefficient (Wildman–Crippen LogP) is 3.86. The standard InChI is InChI=1S/C15H22IN/c1-3-8-17-15(14-9-11(14)2)10-12-4-6-13(16)7-5-12/h4-7,11,14-15,17H,3,8-10H2,1-2H3. The fraction of sp³-hybridized carbons (Fsp3) is 0.600. The van der Waals surface area contributed by atoms with Gasteiger partial charge in [-0.15, -0.1) is 0 Å². The summed E-state index contributed by atoms with van der Waals surface area (Å²) >= 11 is 2.37. The van der Waals surface area contributed by atoms with Crippen molar-refractivity contribution in [2.75, 3.05) is 6.54 Å². The van der Waals surface area contributed by atoms with Gasteiger partial charge in [-0.05, 0) is 77.9 Å². The van der Waals surface area contributed by atoms with Crippen LogP contribution in [0.4, 0.5) is 0 Å². The third-order valence-electron chi connectivity index (χ3n) is 3.71. The maximum absolute atomic E-state index is 3.72. The van der Waals surface area contributed by atoms with E-state index in [9.17, 15) is 0 Å². The van der Waals surface area contributed by atoms with Crippen molar-refractivity contribution in [2.45, 2.75) is 39.2 Å². The number of benzene rings is 1. The van der Waals surface area contributed by atoms with Crippen LogP contribution in [0.15, 0.2) is 24.3 Å². The first-order valence-corrected chi connectivity index (χ1v) is 7.76. The normalized spacial score (nSPS) is 24.6. The van der Waals surface area contributed by atoms with Crippen molar-refractivity contribution in [3.05, 3.63) is 33.4 Å². The van der Waals surface area contributed by atoms with Crippen LogP contribution in [0.2, 0.25) is 0 Å². The minimum atomic E-state index is 0.685. The summed E-state index contributed by atoms with van der Waals surface area (Å²) in [5.74, 6) is 1.83. The number of rotatable bonds is 6. The van der Waals surface area contributed by atoms with Crippen molar-refractivity contribution in [3.63, 3.8) is 0 Å². The molecule has 1 aliphatic rings. The third-order valence-corrected chi connectivity index (χ3v) is 4.43. The summed E-state index contributed by atoms with van der Waals surface area (Å²) in [7, 11) is 0. The molecule has 1 N–H and O–H groups in total. The third kappa shape index (κ3) is 3.95. The van der Waals surface area contributed by atoms with Gasteiger partial charge in [0.1, 0.15) is 0 Å². The molecule has 0 spiro atoms. The van der Waals surface area contributed by atoms with Gasteiger partial charge in [-0.25, -0.2) is 0 Å². The molecule has 1 aliphatic carbocycles. The molecule has 1 fully saturated rings. The fourth-order valence-corrected chi connectivity index (χ4v) is 2.85. The Morgan fingerprint density at radius 2 is 2.00 bits per heavy atom. The Kier molecular flexibility index (Phi) is 4.86. The number of hydrogen-bond acceptors (Lipinski definition) is 1. The Labute approximate surface area is 119 Å². The van der Waals surface area contributed by atoms with Crippen LogP contribution in [-0.2, 0) is 6.42 Å². The van der Waals surface area contributed by atoms with Gasteiger partial charge in [-0.1, -0.05) is 26.0 Å². The second-order valence-electron chi connectivity index (χ2n) is 5.27. The average molecular weight is 343 g/mol. The van der Waals surface area contributed by atoms with Crippen LogP contribution in [-0.4, -0.2) is 12.6 Å². The fourth-order valence-electron chi connectivity index (χ4n) is 2.49. The van der Waals surface area contributed by atoms with Crippen LogP contribution in [0, 0.1) is 15.4 Å². The van der Waals surface area contributed by atoms with Gasteiger partial charge in [-0.3, -0.25) is 0 Å². The molecule has 0 aliphatic heterocycles. The van der Waals surface area contributed by atoms with E-state index in [2.05, 4.69) is 66.0 Å². The summed E-state index contributed by atoms with van der Waals surface area (Å²) in [6, 6.07) is 9.65. The molecule has 0 heterocycles. The summed E-state index contributed by atoms with van der Waals surface area (Å²) in [6.07, 6.45) is 3.82. The minimum Gasteiger partial charge on any atom is -0.313 e. The van der Waals surface area contributed by atoms with Gasteiger partial charge in [0.15, 0.2) is 0 Å². The molecule has 94 valence electrons. The van der Waals surface area contributed by atoms with E-state index in [1.807, 2.05) is 0 Å². The quantitative estimate of drug-likeness (QED) is 0.774. The highest BCUT2D eigenvalue weighted by Gasteiger charge is 2.38. The van der Waals surface area contributed by atoms with E-state index >= 15 is 0 Å². The Bertz CT molecular complexity index is 346. The summed E-state index contributed by atoms with van der Waals surface area (Å²) in [6.45, 7) is 5.77.